The van der Waals surface area contributed by atoms with Gasteiger partial charge in [0.1, 0.15) is 23.9 Å². The zero-order valence-corrected chi connectivity index (χ0v) is 16.8. The molecule has 0 aliphatic carbocycles. The van der Waals surface area contributed by atoms with Crippen molar-refractivity contribution in [2.75, 3.05) is 0 Å². The van der Waals surface area contributed by atoms with E-state index in [2.05, 4.69) is 15.9 Å². The van der Waals surface area contributed by atoms with Crippen molar-refractivity contribution < 1.29 is 18.7 Å². The summed E-state index contributed by atoms with van der Waals surface area (Å²) >= 11 is 9.42. The summed E-state index contributed by atoms with van der Waals surface area (Å²) < 4.78 is 26.4. The minimum atomic E-state index is -0.522. The Bertz CT molecular complexity index is 1070. The van der Waals surface area contributed by atoms with E-state index in [-0.39, 0.29) is 22.1 Å². The Labute approximate surface area is 174 Å². The fourth-order valence-electron chi connectivity index (χ4n) is 2.78. The zero-order chi connectivity index (χ0) is 19.7. The smallest absolute Gasteiger partial charge is 0.231 e. The molecular weight excluding hydrogens is 447 g/mol. The summed E-state index contributed by atoms with van der Waals surface area (Å²) in [5, 5.41) is 0.207. The average Bonchev–Trinajstić information content (AvgIpc) is 2.99. The van der Waals surface area contributed by atoms with Crippen LogP contribution < -0.4 is 9.47 Å². The van der Waals surface area contributed by atoms with Crippen LogP contribution in [0.4, 0.5) is 4.39 Å². The van der Waals surface area contributed by atoms with Gasteiger partial charge in [-0.25, -0.2) is 4.39 Å². The Kier molecular flexibility index (Phi) is 5.20. The maximum Gasteiger partial charge on any atom is 0.231 e. The monoisotopic (exact) mass is 458 g/mol. The van der Waals surface area contributed by atoms with Gasteiger partial charge in [0.05, 0.1) is 10.6 Å². The van der Waals surface area contributed by atoms with E-state index in [1.54, 1.807) is 24.3 Å². The number of benzene rings is 3. The normalized spacial score (nSPS) is 14.1. The molecule has 1 aliphatic rings. The van der Waals surface area contributed by atoms with Crippen LogP contribution in [0.1, 0.15) is 21.5 Å². The Morgan fingerprint density at radius 2 is 1.89 bits per heavy atom. The third-order valence-electron chi connectivity index (χ3n) is 4.24. The Morgan fingerprint density at radius 1 is 1.11 bits per heavy atom. The Hall–Kier alpha value is -2.63. The lowest BCUT2D eigenvalue weighted by molar-refractivity contribution is 0.101. The van der Waals surface area contributed by atoms with E-state index in [9.17, 15) is 9.18 Å². The first-order chi connectivity index (χ1) is 13.5. The number of carbonyl (C=O) groups excluding carboxylic acids is 1. The van der Waals surface area contributed by atoms with E-state index < -0.39 is 5.82 Å². The number of hydrogen-bond donors (Lipinski definition) is 0. The molecule has 1 aliphatic heterocycles. The third kappa shape index (κ3) is 3.81. The van der Waals surface area contributed by atoms with E-state index in [0.29, 0.717) is 23.7 Å². The number of hydrogen-bond acceptors (Lipinski definition) is 3. The van der Waals surface area contributed by atoms with Gasteiger partial charge in [0, 0.05) is 16.1 Å². The van der Waals surface area contributed by atoms with Crippen LogP contribution in [0, 0.1) is 5.82 Å². The van der Waals surface area contributed by atoms with E-state index >= 15 is 0 Å². The minimum Gasteiger partial charge on any atom is -0.489 e. The number of Topliss-reactive ketones (excluding diaryl/α,β-unsaturated/α-hetero) is 1. The molecule has 0 atom stereocenters. The quantitative estimate of drug-likeness (QED) is 0.421. The lowest BCUT2D eigenvalue weighted by Crippen LogP contribution is -1.99. The van der Waals surface area contributed by atoms with E-state index in [4.69, 9.17) is 21.1 Å². The van der Waals surface area contributed by atoms with Crippen molar-refractivity contribution in [2.45, 2.75) is 6.61 Å². The first-order valence-corrected chi connectivity index (χ1v) is 9.58. The molecule has 1 heterocycles. The standard InChI is InChI=1S/C22H13BrClFO3/c23-14-6-4-13(5-7-14)12-27-15-8-9-16-20(10-15)28-21(22(16)26)11-17-18(24)2-1-3-19(17)25/h1-11H,12H2/b21-11-. The molecular formula is C22H13BrClFO3. The molecule has 0 radical (unpaired) electrons. The van der Waals surface area contributed by atoms with Gasteiger partial charge in [-0.05, 0) is 48.0 Å². The molecule has 3 aromatic rings. The lowest BCUT2D eigenvalue weighted by atomic mass is 10.1. The zero-order valence-electron chi connectivity index (χ0n) is 14.4. The van der Waals surface area contributed by atoms with Gasteiger partial charge < -0.3 is 9.47 Å². The molecule has 3 aromatic carbocycles. The summed E-state index contributed by atoms with van der Waals surface area (Å²) in [7, 11) is 0. The molecule has 0 unspecified atom stereocenters. The highest BCUT2D eigenvalue weighted by atomic mass is 79.9. The van der Waals surface area contributed by atoms with Crippen LogP contribution in [-0.4, -0.2) is 5.78 Å². The molecule has 6 heteroatoms. The van der Waals surface area contributed by atoms with Gasteiger partial charge in [-0.1, -0.05) is 45.7 Å². The summed E-state index contributed by atoms with van der Waals surface area (Å²) in [5.74, 6) is 0.114. The molecule has 0 saturated carbocycles. The number of halogens is 3. The summed E-state index contributed by atoms with van der Waals surface area (Å²) in [5.41, 5.74) is 1.53. The van der Waals surface area contributed by atoms with E-state index in [1.807, 2.05) is 24.3 Å². The van der Waals surface area contributed by atoms with Crippen molar-refractivity contribution in [3.8, 4) is 11.5 Å². The molecule has 0 aromatic heterocycles. The van der Waals surface area contributed by atoms with Crippen molar-refractivity contribution in [2.24, 2.45) is 0 Å². The molecule has 28 heavy (non-hydrogen) atoms. The third-order valence-corrected chi connectivity index (χ3v) is 5.09. The van der Waals surface area contributed by atoms with Crippen LogP contribution in [0.3, 0.4) is 0 Å². The van der Waals surface area contributed by atoms with Gasteiger partial charge in [-0.2, -0.15) is 0 Å². The van der Waals surface area contributed by atoms with Gasteiger partial charge in [0.2, 0.25) is 5.78 Å². The maximum absolute atomic E-state index is 14.0. The van der Waals surface area contributed by atoms with Crippen molar-refractivity contribution in [1.82, 2.24) is 0 Å². The lowest BCUT2D eigenvalue weighted by Gasteiger charge is -2.07. The predicted octanol–water partition coefficient (Wildman–Crippen LogP) is 6.44. The van der Waals surface area contributed by atoms with E-state index in [1.165, 1.54) is 18.2 Å². The van der Waals surface area contributed by atoms with Crippen LogP contribution >= 0.6 is 27.5 Å². The highest BCUT2D eigenvalue weighted by Crippen LogP contribution is 2.36. The number of ether oxygens (including phenoxy) is 2. The average molecular weight is 460 g/mol. The second-order valence-electron chi connectivity index (χ2n) is 6.15. The van der Waals surface area contributed by atoms with Crippen molar-refractivity contribution in [1.29, 1.82) is 0 Å². The second kappa shape index (κ2) is 7.78. The Morgan fingerprint density at radius 3 is 2.64 bits per heavy atom. The molecule has 0 fully saturated rings. The molecule has 0 N–H and O–H groups in total. The molecule has 140 valence electrons. The summed E-state index contributed by atoms with van der Waals surface area (Å²) in [6.45, 7) is 0.382. The maximum atomic E-state index is 14.0. The van der Waals surface area contributed by atoms with Crippen LogP contribution in [0.5, 0.6) is 11.5 Å². The number of fused-ring (bicyclic) bond motifs is 1. The largest absolute Gasteiger partial charge is 0.489 e. The molecule has 3 nitrogen and oxygen atoms in total. The van der Waals surface area contributed by atoms with Crippen LogP contribution in [0.15, 0.2) is 70.9 Å². The fourth-order valence-corrected chi connectivity index (χ4v) is 3.27. The van der Waals surface area contributed by atoms with Gasteiger partial charge in [-0.3, -0.25) is 4.79 Å². The van der Waals surface area contributed by atoms with Crippen molar-refractivity contribution in [3.05, 3.63) is 98.4 Å². The molecule has 0 saturated heterocycles. The van der Waals surface area contributed by atoms with E-state index in [0.717, 1.165) is 10.0 Å². The van der Waals surface area contributed by atoms with Crippen molar-refractivity contribution >= 4 is 39.4 Å². The number of allylic oxidation sites excluding steroid dienone is 1. The molecule has 0 bridgehead atoms. The second-order valence-corrected chi connectivity index (χ2v) is 7.47. The molecule has 4 rings (SSSR count). The fraction of sp³-hybridized carbons (Fsp3) is 0.0455. The number of rotatable bonds is 4. The molecule has 0 spiro atoms. The first-order valence-electron chi connectivity index (χ1n) is 8.41. The number of carbonyl (C=O) groups is 1. The predicted molar refractivity (Wildman–Crippen MR) is 109 cm³/mol. The van der Waals surface area contributed by atoms with Crippen LogP contribution in [-0.2, 0) is 6.61 Å². The SMILES string of the molecule is O=C1/C(=C/c2c(F)cccc2Cl)Oc2cc(OCc3ccc(Br)cc3)ccc21. The van der Waals surface area contributed by atoms with Gasteiger partial charge in [-0.15, -0.1) is 0 Å². The highest BCUT2D eigenvalue weighted by Gasteiger charge is 2.28. The van der Waals surface area contributed by atoms with Crippen LogP contribution in [0.2, 0.25) is 5.02 Å². The van der Waals surface area contributed by atoms with Gasteiger partial charge in [0.25, 0.3) is 0 Å². The highest BCUT2D eigenvalue weighted by molar-refractivity contribution is 9.10. The van der Waals surface area contributed by atoms with Gasteiger partial charge >= 0.3 is 0 Å². The number of ketones is 1. The minimum absolute atomic E-state index is 0.0204. The van der Waals surface area contributed by atoms with Gasteiger partial charge in [0.15, 0.2) is 5.76 Å². The first kappa shape index (κ1) is 18.7. The summed E-state index contributed by atoms with van der Waals surface area (Å²) in [6, 6.07) is 17.1. The topological polar surface area (TPSA) is 35.5 Å². The molecule has 0 amide bonds. The van der Waals surface area contributed by atoms with Crippen LogP contribution in [0.25, 0.3) is 6.08 Å². The summed E-state index contributed by atoms with van der Waals surface area (Å²) in [4.78, 5) is 12.5. The van der Waals surface area contributed by atoms with Crippen molar-refractivity contribution in [3.63, 3.8) is 0 Å². The summed E-state index contributed by atoms with van der Waals surface area (Å²) in [6.07, 6.45) is 1.32. The Balaban J connectivity index is 1.54.